The van der Waals surface area contributed by atoms with Gasteiger partial charge in [0.1, 0.15) is 0 Å². The number of hydrogen-bond donors (Lipinski definition) is 0. The number of ether oxygens (including phenoxy) is 1. The van der Waals surface area contributed by atoms with E-state index >= 15 is 0 Å². The van der Waals surface area contributed by atoms with Crippen LogP contribution in [-0.2, 0) is 4.74 Å². The second-order valence-corrected chi connectivity index (χ2v) is 2.66. The van der Waals surface area contributed by atoms with Crippen molar-refractivity contribution >= 4 is 0 Å². The fraction of sp³-hybridized carbons (Fsp3) is 0.600. The molecule has 0 amide bonds. The zero-order chi connectivity index (χ0) is 8.53. The van der Waals surface area contributed by atoms with E-state index in [1.165, 1.54) is 5.57 Å². The monoisotopic (exact) mass is 152 g/mol. The van der Waals surface area contributed by atoms with Crippen LogP contribution in [-0.4, -0.2) is 13.2 Å². The lowest BCUT2D eigenvalue weighted by molar-refractivity contribution is 0.160. The molecule has 0 aromatic carbocycles. The Morgan fingerprint density at radius 2 is 2.27 bits per heavy atom. The normalized spacial score (nSPS) is 8.82. The van der Waals surface area contributed by atoms with E-state index < -0.39 is 0 Å². The van der Waals surface area contributed by atoms with Gasteiger partial charge in [0.15, 0.2) is 0 Å². The van der Waals surface area contributed by atoms with E-state index in [0.717, 1.165) is 19.4 Å². The third-order valence-corrected chi connectivity index (χ3v) is 1.22. The Morgan fingerprint density at radius 1 is 1.55 bits per heavy atom. The fourth-order valence-corrected chi connectivity index (χ4v) is 0.585. The van der Waals surface area contributed by atoms with Gasteiger partial charge < -0.3 is 4.74 Å². The first-order valence-electron chi connectivity index (χ1n) is 3.92. The van der Waals surface area contributed by atoms with Crippen LogP contribution in [0.25, 0.3) is 0 Å². The quantitative estimate of drug-likeness (QED) is 0.334. The number of unbranched alkanes of at least 4 members (excludes halogenated alkanes) is 1. The maximum absolute atomic E-state index is 5.27. The van der Waals surface area contributed by atoms with Gasteiger partial charge in [-0.15, -0.1) is 12.3 Å². The van der Waals surface area contributed by atoms with Crippen LogP contribution in [0.4, 0.5) is 0 Å². The Morgan fingerprint density at radius 3 is 2.82 bits per heavy atom. The summed E-state index contributed by atoms with van der Waals surface area (Å²) in [6.07, 6.45) is 8.92. The van der Waals surface area contributed by atoms with Crippen molar-refractivity contribution in [2.45, 2.75) is 26.7 Å². The lowest BCUT2D eigenvalue weighted by Crippen LogP contribution is -1.93. The number of allylic oxidation sites excluding steroid dienone is 1. The van der Waals surface area contributed by atoms with Gasteiger partial charge >= 0.3 is 0 Å². The first-order chi connectivity index (χ1) is 5.27. The Balaban J connectivity index is 3.04. The first-order valence-corrected chi connectivity index (χ1v) is 3.92. The molecule has 0 rings (SSSR count). The molecule has 0 unspecified atom stereocenters. The van der Waals surface area contributed by atoms with Gasteiger partial charge in [0, 0.05) is 13.0 Å². The van der Waals surface area contributed by atoms with Crippen molar-refractivity contribution in [3.63, 3.8) is 0 Å². The van der Waals surface area contributed by atoms with Crippen LogP contribution in [0.2, 0.25) is 0 Å². The van der Waals surface area contributed by atoms with Crippen LogP contribution >= 0.6 is 0 Å². The molecule has 0 aromatic heterocycles. The second kappa shape index (κ2) is 7.37. The van der Waals surface area contributed by atoms with Crippen LogP contribution in [0.15, 0.2) is 11.6 Å². The Labute approximate surface area is 69.4 Å². The van der Waals surface area contributed by atoms with E-state index in [2.05, 4.69) is 25.8 Å². The molecule has 0 spiro atoms. The fourth-order valence-electron chi connectivity index (χ4n) is 0.585. The summed E-state index contributed by atoms with van der Waals surface area (Å²) < 4.78 is 5.27. The van der Waals surface area contributed by atoms with E-state index in [4.69, 9.17) is 11.2 Å². The SMILES string of the molecule is C#CCCCOCC=C(C)C. The summed E-state index contributed by atoms with van der Waals surface area (Å²) in [5.74, 6) is 2.57. The smallest absolute Gasteiger partial charge is 0.0649 e. The van der Waals surface area contributed by atoms with Crippen molar-refractivity contribution in [2.75, 3.05) is 13.2 Å². The van der Waals surface area contributed by atoms with Crippen LogP contribution in [0, 0.1) is 12.3 Å². The molecular formula is C10H16O. The molecule has 0 aliphatic heterocycles. The summed E-state index contributed by atoms with van der Waals surface area (Å²) in [4.78, 5) is 0. The van der Waals surface area contributed by atoms with Gasteiger partial charge in [-0.05, 0) is 20.3 Å². The molecule has 62 valence electrons. The van der Waals surface area contributed by atoms with E-state index in [1.807, 2.05) is 0 Å². The molecule has 0 saturated heterocycles. The van der Waals surface area contributed by atoms with Crippen LogP contribution in [0.1, 0.15) is 26.7 Å². The van der Waals surface area contributed by atoms with Crippen LogP contribution in [0.3, 0.4) is 0 Å². The highest BCUT2D eigenvalue weighted by atomic mass is 16.5. The van der Waals surface area contributed by atoms with E-state index in [1.54, 1.807) is 0 Å². The molecule has 0 saturated carbocycles. The number of terminal acetylenes is 1. The molecule has 1 nitrogen and oxygen atoms in total. The Bertz CT molecular complexity index is 147. The maximum Gasteiger partial charge on any atom is 0.0649 e. The molecule has 0 fully saturated rings. The van der Waals surface area contributed by atoms with Crippen molar-refractivity contribution in [3.05, 3.63) is 11.6 Å². The lowest BCUT2D eigenvalue weighted by Gasteiger charge is -1.97. The summed E-state index contributed by atoms with van der Waals surface area (Å²) >= 11 is 0. The Kier molecular flexibility index (Phi) is 6.87. The Hall–Kier alpha value is -0.740. The molecule has 1 heteroatoms. The van der Waals surface area contributed by atoms with Crippen molar-refractivity contribution in [1.29, 1.82) is 0 Å². The molecule has 0 bridgehead atoms. The van der Waals surface area contributed by atoms with Crippen molar-refractivity contribution in [3.8, 4) is 12.3 Å². The molecule has 0 aliphatic rings. The van der Waals surface area contributed by atoms with Crippen molar-refractivity contribution in [2.24, 2.45) is 0 Å². The van der Waals surface area contributed by atoms with E-state index in [9.17, 15) is 0 Å². The highest BCUT2D eigenvalue weighted by Crippen LogP contribution is 1.91. The second-order valence-electron chi connectivity index (χ2n) is 2.66. The summed E-state index contributed by atoms with van der Waals surface area (Å²) in [7, 11) is 0. The van der Waals surface area contributed by atoms with Crippen molar-refractivity contribution < 1.29 is 4.74 Å². The molecule has 0 atom stereocenters. The highest BCUT2D eigenvalue weighted by Gasteiger charge is 1.84. The predicted octanol–water partition coefficient (Wildman–Crippen LogP) is 2.38. The zero-order valence-corrected chi connectivity index (χ0v) is 7.39. The minimum absolute atomic E-state index is 0.715. The highest BCUT2D eigenvalue weighted by molar-refractivity contribution is 4.92. The van der Waals surface area contributed by atoms with Gasteiger partial charge in [0.2, 0.25) is 0 Å². The van der Waals surface area contributed by atoms with E-state index in [-0.39, 0.29) is 0 Å². The summed E-state index contributed by atoms with van der Waals surface area (Å²) in [5.41, 5.74) is 1.29. The average molecular weight is 152 g/mol. The molecule has 0 aliphatic carbocycles. The third kappa shape index (κ3) is 9.26. The van der Waals surface area contributed by atoms with Gasteiger partial charge in [0.25, 0.3) is 0 Å². The predicted molar refractivity (Wildman–Crippen MR) is 48.3 cm³/mol. The van der Waals surface area contributed by atoms with Gasteiger partial charge in [-0.1, -0.05) is 11.6 Å². The first kappa shape index (κ1) is 10.3. The largest absolute Gasteiger partial charge is 0.377 e. The van der Waals surface area contributed by atoms with Crippen LogP contribution < -0.4 is 0 Å². The summed E-state index contributed by atoms with van der Waals surface area (Å²) in [6.45, 7) is 5.61. The van der Waals surface area contributed by atoms with E-state index in [0.29, 0.717) is 6.61 Å². The molecule has 11 heavy (non-hydrogen) atoms. The molecule has 0 radical (unpaired) electrons. The maximum atomic E-state index is 5.27. The van der Waals surface area contributed by atoms with Gasteiger partial charge in [-0.2, -0.15) is 0 Å². The standard InChI is InChI=1S/C10H16O/c1-4-5-6-8-11-9-7-10(2)3/h1,7H,5-6,8-9H2,2-3H3. The minimum Gasteiger partial charge on any atom is -0.377 e. The molecule has 0 aromatic rings. The number of rotatable bonds is 5. The average Bonchev–Trinajstić information content (AvgIpc) is 1.96. The van der Waals surface area contributed by atoms with Crippen LogP contribution in [0.5, 0.6) is 0 Å². The number of hydrogen-bond acceptors (Lipinski definition) is 1. The third-order valence-electron chi connectivity index (χ3n) is 1.22. The van der Waals surface area contributed by atoms with Crippen molar-refractivity contribution in [1.82, 2.24) is 0 Å². The zero-order valence-electron chi connectivity index (χ0n) is 7.39. The topological polar surface area (TPSA) is 9.23 Å². The summed E-state index contributed by atoms with van der Waals surface area (Å²) in [6, 6.07) is 0. The molecule has 0 N–H and O–H groups in total. The summed E-state index contributed by atoms with van der Waals surface area (Å²) in [5, 5.41) is 0. The molecule has 0 heterocycles. The van der Waals surface area contributed by atoms with Gasteiger partial charge in [-0.3, -0.25) is 0 Å². The van der Waals surface area contributed by atoms with Gasteiger partial charge in [0.05, 0.1) is 6.61 Å². The van der Waals surface area contributed by atoms with Gasteiger partial charge in [-0.25, -0.2) is 0 Å². The molecular weight excluding hydrogens is 136 g/mol. The minimum atomic E-state index is 0.715. The lowest BCUT2D eigenvalue weighted by atomic mass is 10.3.